The molecule has 0 aliphatic rings. The van der Waals surface area contributed by atoms with Gasteiger partial charge >= 0.3 is 5.97 Å². The van der Waals surface area contributed by atoms with Gasteiger partial charge in [-0.2, -0.15) is 0 Å². The Labute approximate surface area is 162 Å². The van der Waals surface area contributed by atoms with E-state index in [4.69, 9.17) is 4.74 Å². The molecule has 2 aromatic rings. The number of hydrogen-bond acceptors (Lipinski definition) is 4. The van der Waals surface area contributed by atoms with Gasteiger partial charge in [0.05, 0.1) is 7.11 Å². The van der Waals surface area contributed by atoms with Crippen molar-refractivity contribution in [3.63, 3.8) is 0 Å². The van der Waals surface area contributed by atoms with E-state index in [-0.39, 0.29) is 24.2 Å². The first kappa shape index (κ1) is 21.3. The number of nitrogens with one attached hydrogen (secondary N) is 1. The number of rotatable bonds is 9. The molecule has 2 rings (SSSR count). The minimum absolute atomic E-state index is 0.0516. The van der Waals surface area contributed by atoms with E-state index in [0.29, 0.717) is 12.8 Å². The fourth-order valence-electron chi connectivity index (χ4n) is 2.64. The maximum atomic E-state index is 13.3. The molecule has 0 fully saturated rings. The average Bonchev–Trinajstić information content (AvgIpc) is 2.69. The summed E-state index contributed by atoms with van der Waals surface area (Å²) in [5, 5.41) is 2.85. The molecular formula is C21H23F2NO4. The molecule has 0 aliphatic carbocycles. The molecule has 7 heteroatoms. The van der Waals surface area contributed by atoms with Crippen LogP contribution in [-0.4, -0.2) is 31.1 Å². The molecule has 1 amide bonds. The second-order valence-electron chi connectivity index (χ2n) is 6.35. The third-order valence-corrected chi connectivity index (χ3v) is 4.17. The van der Waals surface area contributed by atoms with E-state index < -0.39 is 23.6 Å². The molecular weight excluding hydrogens is 368 g/mol. The Kier molecular flexibility index (Phi) is 7.92. The van der Waals surface area contributed by atoms with Crippen molar-refractivity contribution in [1.82, 2.24) is 5.32 Å². The molecule has 0 radical (unpaired) electrons. The Morgan fingerprint density at radius 1 is 1.07 bits per heavy atom. The Balaban J connectivity index is 2.00. The van der Waals surface area contributed by atoms with Gasteiger partial charge in [-0.15, -0.1) is 0 Å². The smallest absolute Gasteiger partial charge is 0.305 e. The summed E-state index contributed by atoms with van der Waals surface area (Å²) in [6.45, 7) is 1.51. The maximum absolute atomic E-state index is 13.3. The van der Waals surface area contributed by atoms with Crippen molar-refractivity contribution < 1.29 is 27.8 Å². The predicted octanol–water partition coefficient (Wildman–Crippen LogP) is 3.41. The number of halogens is 2. The van der Waals surface area contributed by atoms with Crippen LogP contribution in [0.2, 0.25) is 0 Å². The van der Waals surface area contributed by atoms with Gasteiger partial charge in [0.1, 0.15) is 5.75 Å². The second kappa shape index (κ2) is 10.4. The van der Waals surface area contributed by atoms with Crippen LogP contribution in [-0.2, 0) is 20.7 Å². The standard InChI is InChI=1S/C21H23F2NO4/c1-14(28-17-9-10-18(22)19(23)13-17)21(26)24-16(8-11-20(25)27-2)12-15-6-4-3-5-7-15/h3-7,9-10,13-14,16H,8,11-12H2,1-2H3,(H,24,26)/t14-,16+/m1/s1. The van der Waals surface area contributed by atoms with E-state index in [2.05, 4.69) is 10.1 Å². The molecule has 28 heavy (non-hydrogen) atoms. The Morgan fingerprint density at radius 3 is 2.43 bits per heavy atom. The normalized spacial score (nSPS) is 12.7. The van der Waals surface area contributed by atoms with Crippen LogP contribution in [0.3, 0.4) is 0 Å². The summed E-state index contributed by atoms with van der Waals surface area (Å²) in [6, 6.07) is 12.3. The molecule has 150 valence electrons. The Morgan fingerprint density at radius 2 is 1.79 bits per heavy atom. The number of esters is 1. The number of methoxy groups -OCH3 is 1. The minimum atomic E-state index is -1.05. The summed E-state index contributed by atoms with van der Waals surface area (Å²) >= 11 is 0. The van der Waals surface area contributed by atoms with Crippen LogP contribution in [0, 0.1) is 11.6 Å². The van der Waals surface area contributed by atoms with Crippen LogP contribution in [0.4, 0.5) is 8.78 Å². The average molecular weight is 391 g/mol. The van der Waals surface area contributed by atoms with Gasteiger partial charge in [0, 0.05) is 18.5 Å². The van der Waals surface area contributed by atoms with Crippen molar-refractivity contribution in [3.8, 4) is 5.75 Å². The van der Waals surface area contributed by atoms with Gasteiger partial charge in [0.15, 0.2) is 17.7 Å². The van der Waals surface area contributed by atoms with E-state index in [1.807, 2.05) is 30.3 Å². The summed E-state index contributed by atoms with van der Waals surface area (Å²) < 4.78 is 36.4. The monoisotopic (exact) mass is 391 g/mol. The van der Waals surface area contributed by atoms with Gasteiger partial charge in [-0.25, -0.2) is 8.78 Å². The number of carbonyl (C=O) groups is 2. The van der Waals surface area contributed by atoms with Gasteiger partial charge in [-0.3, -0.25) is 9.59 Å². The highest BCUT2D eigenvalue weighted by Crippen LogP contribution is 2.17. The van der Waals surface area contributed by atoms with Crippen LogP contribution in [0.1, 0.15) is 25.3 Å². The lowest BCUT2D eigenvalue weighted by atomic mass is 10.0. The highest BCUT2D eigenvalue weighted by Gasteiger charge is 2.21. The molecule has 0 spiro atoms. The van der Waals surface area contributed by atoms with Gasteiger partial charge < -0.3 is 14.8 Å². The lowest BCUT2D eigenvalue weighted by Gasteiger charge is -2.22. The third-order valence-electron chi connectivity index (χ3n) is 4.17. The highest BCUT2D eigenvalue weighted by atomic mass is 19.2. The van der Waals surface area contributed by atoms with Crippen LogP contribution in [0.15, 0.2) is 48.5 Å². The van der Waals surface area contributed by atoms with Gasteiger partial charge in [-0.05, 0) is 37.5 Å². The summed E-state index contributed by atoms with van der Waals surface area (Å²) in [4.78, 5) is 24.0. The van der Waals surface area contributed by atoms with Crippen LogP contribution < -0.4 is 10.1 Å². The highest BCUT2D eigenvalue weighted by molar-refractivity contribution is 5.81. The van der Waals surface area contributed by atoms with Crippen LogP contribution >= 0.6 is 0 Å². The molecule has 0 saturated carbocycles. The van der Waals surface area contributed by atoms with E-state index in [1.54, 1.807) is 0 Å². The van der Waals surface area contributed by atoms with E-state index in [0.717, 1.165) is 17.7 Å². The van der Waals surface area contributed by atoms with Gasteiger partial charge in [0.25, 0.3) is 5.91 Å². The fraction of sp³-hybridized carbons (Fsp3) is 0.333. The fourth-order valence-corrected chi connectivity index (χ4v) is 2.64. The van der Waals surface area contributed by atoms with Crippen molar-refractivity contribution in [1.29, 1.82) is 0 Å². The molecule has 1 N–H and O–H groups in total. The van der Waals surface area contributed by atoms with Gasteiger partial charge in [-0.1, -0.05) is 30.3 Å². The summed E-state index contributed by atoms with van der Waals surface area (Å²) in [5.41, 5.74) is 1.01. The third kappa shape index (κ3) is 6.64. The summed E-state index contributed by atoms with van der Waals surface area (Å²) in [7, 11) is 1.31. The molecule has 0 heterocycles. The van der Waals surface area contributed by atoms with E-state index in [9.17, 15) is 18.4 Å². The molecule has 5 nitrogen and oxygen atoms in total. The SMILES string of the molecule is COC(=O)CC[C@@H](Cc1ccccc1)NC(=O)[C@@H](C)Oc1ccc(F)c(F)c1. The molecule has 2 aromatic carbocycles. The lowest BCUT2D eigenvalue weighted by molar-refractivity contribution is -0.141. The number of benzene rings is 2. The van der Waals surface area contributed by atoms with Crippen molar-refractivity contribution in [2.45, 2.75) is 38.3 Å². The number of ether oxygens (including phenoxy) is 2. The lowest BCUT2D eigenvalue weighted by Crippen LogP contribution is -2.43. The van der Waals surface area contributed by atoms with Crippen molar-refractivity contribution in [2.24, 2.45) is 0 Å². The van der Waals surface area contributed by atoms with Crippen LogP contribution in [0.5, 0.6) is 5.75 Å². The second-order valence-corrected chi connectivity index (χ2v) is 6.35. The quantitative estimate of drug-likeness (QED) is 0.666. The Hall–Kier alpha value is -2.96. The number of carbonyl (C=O) groups excluding carboxylic acids is 2. The Bertz CT molecular complexity index is 798. The van der Waals surface area contributed by atoms with Crippen molar-refractivity contribution in [2.75, 3.05) is 7.11 Å². The van der Waals surface area contributed by atoms with Crippen molar-refractivity contribution in [3.05, 3.63) is 65.7 Å². The minimum Gasteiger partial charge on any atom is -0.481 e. The number of hydrogen-bond donors (Lipinski definition) is 1. The molecule has 0 unspecified atom stereocenters. The first-order chi connectivity index (χ1) is 13.4. The predicted molar refractivity (Wildman–Crippen MR) is 99.8 cm³/mol. The summed E-state index contributed by atoms with van der Waals surface area (Å²) in [5.74, 6) is -2.77. The largest absolute Gasteiger partial charge is 0.481 e. The van der Waals surface area contributed by atoms with Crippen molar-refractivity contribution >= 4 is 11.9 Å². The van der Waals surface area contributed by atoms with Gasteiger partial charge in [0.2, 0.25) is 0 Å². The number of amides is 1. The molecule has 0 aromatic heterocycles. The van der Waals surface area contributed by atoms with Crippen LogP contribution in [0.25, 0.3) is 0 Å². The topological polar surface area (TPSA) is 64.6 Å². The van der Waals surface area contributed by atoms with E-state index >= 15 is 0 Å². The first-order valence-electron chi connectivity index (χ1n) is 8.92. The molecule has 0 saturated heterocycles. The summed E-state index contributed by atoms with van der Waals surface area (Å²) in [6.07, 6.45) is 0.153. The molecule has 2 atom stereocenters. The molecule has 0 bridgehead atoms. The molecule has 0 aliphatic heterocycles. The zero-order valence-corrected chi connectivity index (χ0v) is 15.8. The maximum Gasteiger partial charge on any atom is 0.305 e. The van der Waals surface area contributed by atoms with E-state index in [1.165, 1.54) is 20.1 Å². The first-order valence-corrected chi connectivity index (χ1v) is 8.92. The zero-order valence-electron chi connectivity index (χ0n) is 15.8. The zero-order chi connectivity index (χ0) is 20.5.